The summed E-state index contributed by atoms with van der Waals surface area (Å²) in [5, 5.41) is 14.0. The molecule has 0 aliphatic carbocycles. The molecule has 0 radical (unpaired) electrons. The average Bonchev–Trinajstić information content (AvgIpc) is 3.32. The number of fused-ring (bicyclic) bond motifs is 1. The smallest absolute Gasteiger partial charge is 0.407 e. The number of alkyl carbamates (subject to hydrolysis) is 2. The van der Waals surface area contributed by atoms with Crippen LogP contribution in [0.1, 0.15) is 93.4 Å². The fourth-order valence-electron chi connectivity index (χ4n) is 8.95. The first kappa shape index (κ1) is 46.7. The SMILES string of the molecule is CC(C)C[C@H](NC(=O)CCC1CC(OC(=O)NCc2cccc3ccccc23)CC2(CCCC(COC(=O)NCc3ccccc3)O2)O1)C(=O)NCC(c1ccccc1)c1ccccc1. The van der Waals surface area contributed by atoms with Gasteiger partial charge in [0.2, 0.25) is 11.8 Å². The van der Waals surface area contributed by atoms with E-state index in [9.17, 15) is 19.2 Å². The van der Waals surface area contributed by atoms with E-state index in [0.717, 1.165) is 39.4 Å². The zero-order valence-corrected chi connectivity index (χ0v) is 37.4. The molecule has 65 heavy (non-hydrogen) atoms. The Hall–Kier alpha value is -6.24. The van der Waals surface area contributed by atoms with E-state index in [1.165, 1.54) is 0 Å². The van der Waals surface area contributed by atoms with Crippen LogP contribution in [0.4, 0.5) is 9.59 Å². The molecule has 5 atom stereocenters. The molecule has 1 spiro atoms. The summed E-state index contributed by atoms with van der Waals surface area (Å²) in [6, 6.07) is 43.0. The minimum Gasteiger partial charge on any atom is -0.447 e. The van der Waals surface area contributed by atoms with Crippen molar-refractivity contribution in [2.45, 2.75) is 114 Å². The van der Waals surface area contributed by atoms with E-state index in [2.05, 4.69) is 45.5 Å². The summed E-state index contributed by atoms with van der Waals surface area (Å²) in [5.41, 5.74) is 4.09. The second-order valence-electron chi connectivity index (χ2n) is 17.6. The van der Waals surface area contributed by atoms with Gasteiger partial charge in [-0.1, -0.05) is 147 Å². The molecule has 5 aromatic carbocycles. The fraction of sp³-hybridized carbons (Fsp3) is 0.396. The van der Waals surface area contributed by atoms with Crippen molar-refractivity contribution in [3.05, 3.63) is 156 Å². The molecular weight excluding hydrogens is 821 g/mol. The number of benzene rings is 5. The number of amides is 4. The van der Waals surface area contributed by atoms with Crippen LogP contribution in [-0.4, -0.2) is 67.3 Å². The molecule has 2 saturated heterocycles. The molecule has 7 rings (SSSR count). The van der Waals surface area contributed by atoms with Gasteiger partial charge in [-0.2, -0.15) is 0 Å². The quantitative estimate of drug-likeness (QED) is 0.0681. The van der Waals surface area contributed by atoms with Gasteiger partial charge in [-0.15, -0.1) is 0 Å². The maximum atomic E-state index is 13.8. The third-order valence-corrected chi connectivity index (χ3v) is 12.1. The van der Waals surface area contributed by atoms with Gasteiger partial charge in [-0.05, 0) is 64.6 Å². The highest BCUT2D eigenvalue weighted by Crippen LogP contribution is 2.41. The summed E-state index contributed by atoms with van der Waals surface area (Å²) in [6.07, 6.45) is 0.731. The number of carbonyl (C=O) groups excluding carboxylic acids is 4. The normalized spacial score (nSPS) is 19.9. The maximum absolute atomic E-state index is 13.8. The van der Waals surface area contributed by atoms with Crippen LogP contribution in [0.15, 0.2) is 133 Å². The molecule has 4 N–H and O–H groups in total. The van der Waals surface area contributed by atoms with E-state index in [1.807, 2.05) is 123 Å². The lowest BCUT2D eigenvalue weighted by Crippen LogP contribution is -2.54. The van der Waals surface area contributed by atoms with Gasteiger partial charge >= 0.3 is 12.2 Å². The number of rotatable bonds is 18. The lowest BCUT2D eigenvalue weighted by molar-refractivity contribution is -0.329. The highest BCUT2D eigenvalue weighted by molar-refractivity contribution is 5.88. The van der Waals surface area contributed by atoms with Crippen molar-refractivity contribution in [3.63, 3.8) is 0 Å². The van der Waals surface area contributed by atoms with Gasteiger partial charge in [0.05, 0.1) is 12.2 Å². The summed E-state index contributed by atoms with van der Waals surface area (Å²) >= 11 is 0. The first-order chi connectivity index (χ1) is 31.6. The minimum atomic E-state index is -1.12. The highest BCUT2D eigenvalue weighted by atomic mass is 16.7. The molecule has 0 aromatic heterocycles. The number of carbonyl (C=O) groups is 4. The van der Waals surface area contributed by atoms with Gasteiger partial charge in [-0.25, -0.2) is 9.59 Å². The van der Waals surface area contributed by atoms with Crippen molar-refractivity contribution in [3.8, 4) is 0 Å². The van der Waals surface area contributed by atoms with E-state index in [4.69, 9.17) is 18.9 Å². The Labute approximate surface area is 382 Å². The van der Waals surface area contributed by atoms with Gasteiger partial charge in [0.25, 0.3) is 0 Å². The van der Waals surface area contributed by atoms with Crippen LogP contribution in [0.25, 0.3) is 10.8 Å². The van der Waals surface area contributed by atoms with Crippen LogP contribution < -0.4 is 21.3 Å². The zero-order valence-electron chi connectivity index (χ0n) is 37.4. The molecule has 4 unspecified atom stereocenters. The Bertz CT molecular complexity index is 2270. The second kappa shape index (κ2) is 23.1. The van der Waals surface area contributed by atoms with Crippen LogP contribution >= 0.6 is 0 Å². The van der Waals surface area contributed by atoms with E-state index < -0.39 is 42.3 Å². The van der Waals surface area contributed by atoms with E-state index in [1.54, 1.807) is 0 Å². The number of hydrogen-bond acceptors (Lipinski definition) is 8. The molecule has 342 valence electrons. The molecule has 2 aliphatic rings. The van der Waals surface area contributed by atoms with Crippen molar-refractivity contribution < 1.29 is 38.1 Å². The second-order valence-corrected chi connectivity index (χ2v) is 17.6. The Kier molecular flexibility index (Phi) is 16.6. The molecule has 2 aliphatic heterocycles. The molecule has 12 nitrogen and oxygen atoms in total. The first-order valence-electron chi connectivity index (χ1n) is 23.0. The zero-order chi connectivity index (χ0) is 45.4. The first-order valence-corrected chi connectivity index (χ1v) is 23.0. The third kappa shape index (κ3) is 13.9. The number of nitrogens with one attached hydrogen (secondary N) is 4. The van der Waals surface area contributed by atoms with E-state index in [0.29, 0.717) is 45.2 Å². The summed E-state index contributed by atoms with van der Waals surface area (Å²) in [4.78, 5) is 53.6. The minimum absolute atomic E-state index is 0.0204. The molecule has 0 bridgehead atoms. The summed E-state index contributed by atoms with van der Waals surface area (Å²) in [5.74, 6) is -1.56. The van der Waals surface area contributed by atoms with Crippen LogP contribution in [0, 0.1) is 5.92 Å². The molecular formula is C53H62N4O8. The Morgan fingerprint density at radius 2 is 1.37 bits per heavy atom. The molecule has 5 aromatic rings. The summed E-state index contributed by atoms with van der Waals surface area (Å²) < 4.78 is 25.0. The van der Waals surface area contributed by atoms with Crippen molar-refractivity contribution >= 4 is 34.8 Å². The van der Waals surface area contributed by atoms with E-state index >= 15 is 0 Å². The molecule has 0 saturated carbocycles. The highest BCUT2D eigenvalue weighted by Gasteiger charge is 2.47. The average molecular weight is 883 g/mol. The van der Waals surface area contributed by atoms with Crippen LogP contribution in [0.3, 0.4) is 0 Å². The maximum Gasteiger partial charge on any atom is 0.407 e. The standard InChI is InChI=1S/C53H62N4O8/c1-37(2)30-48(50(59)54-35-47(40-18-8-4-9-19-40)41-20-10-5-11-21-41)57-49(58)28-27-43-31-45(63-52(61)56-34-42-24-14-23-39-22-12-13-26-46(39)42)32-53(64-43)29-15-25-44(65-53)36-62-51(60)55-33-38-16-6-3-7-17-38/h3-14,16-24,26,37,43-45,47-48H,15,25,27-36H2,1-2H3,(H,54,59)(H,55,60)(H,56,61)(H,57,58)/t43?,44?,45?,48-,53?/m0/s1. The lowest BCUT2D eigenvalue weighted by atomic mass is 9.90. The van der Waals surface area contributed by atoms with Crippen molar-refractivity contribution in [1.82, 2.24) is 21.3 Å². The van der Waals surface area contributed by atoms with Gasteiger partial charge in [0.1, 0.15) is 18.8 Å². The van der Waals surface area contributed by atoms with Crippen LogP contribution in [-0.2, 0) is 41.6 Å². The predicted octanol–water partition coefficient (Wildman–Crippen LogP) is 9.06. The Balaban J connectivity index is 0.980. The lowest BCUT2D eigenvalue weighted by Gasteiger charge is -2.47. The Morgan fingerprint density at radius 1 is 0.723 bits per heavy atom. The predicted molar refractivity (Wildman–Crippen MR) is 250 cm³/mol. The van der Waals surface area contributed by atoms with Gasteiger partial charge in [0.15, 0.2) is 5.79 Å². The van der Waals surface area contributed by atoms with Crippen LogP contribution in [0.2, 0.25) is 0 Å². The molecule has 2 fully saturated rings. The third-order valence-electron chi connectivity index (χ3n) is 12.1. The molecule has 12 heteroatoms. The fourth-order valence-corrected chi connectivity index (χ4v) is 8.95. The Morgan fingerprint density at radius 3 is 2.09 bits per heavy atom. The molecule has 2 heterocycles. The summed E-state index contributed by atoms with van der Waals surface area (Å²) in [6.45, 7) is 5.06. The topological polar surface area (TPSA) is 153 Å². The van der Waals surface area contributed by atoms with Gasteiger partial charge in [0, 0.05) is 51.2 Å². The number of ether oxygens (including phenoxy) is 4. The van der Waals surface area contributed by atoms with Crippen molar-refractivity contribution in [1.29, 1.82) is 0 Å². The molecule has 4 amide bonds. The largest absolute Gasteiger partial charge is 0.447 e. The number of hydrogen-bond donors (Lipinski definition) is 4. The van der Waals surface area contributed by atoms with Crippen molar-refractivity contribution in [2.75, 3.05) is 13.2 Å². The monoisotopic (exact) mass is 882 g/mol. The van der Waals surface area contributed by atoms with Gasteiger partial charge in [-0.3, -0.25) is 9.59 Å². The van der Waals surface area contributed by atoms with Crippen LogP contribution in [0.5, 0.6) is 0 Å². The van der Waals surface area contributed by atoms with E-state index in [-0.39, 0.29) is 49.6 Å². The van der Waals surface area contributed by atoms with Gasteiger partial charge < -0.3 is 40.2 Å². The summed E-state index contributed by atoms with van der Waals surface area (Å²) in [7, 11) is 0. The van der Waals surface area contributed by atoms with Crippen molar-refractivity contribution in [2.24, 2.45) is 5.92 Å².